The number of hydrogen-bond acceptors (Lipinski definition) is 6. The van der Waals surface area contributed by atoms with Crippen LogP contribution in [0.5, 0.6) is 0 Å². The Labute approximate surface area is 148 Å². The molecule has 2 saturated heterocycles. The predicted octanol–water partition coefficient (Wildman–Crippen LogP) is -0.0189. The fourth-order valence-electron chi connectivity index (χ4n) is 3.22. The molecule has 4 N–H and O–H groups in total. The lowest BCUT2D eigenvalue weighted by atomic mass is 9.96. The summed E-state index contributed by atoms with van der Waals surface area (Å²) in [5.41, 5.74) is 0.554. The molecular formula is C16H18N4O4S. The van der Waals surface area contributed by atoms with E-state index in [-0.39, 0.29) is 5.71 Å². The number of carboxylic acids is 1. The first-order valence-electron chi connectivity index (χ1n) is 7.65. The fraction of sp³-hybridized carbons (Fsp3) is 0.375. The van der Waals surface area contributed by atoms with E-state index in [0.29, 0.717) is 5.56 Å². The Balaban J connectivity index is 1.76. The number of fused-ring (bicyclic) bond motifs is 1. The molecular weight excluding hydrogens is 344 g/mol. The van der Waals surface area contributed by atoms with Crippen LogP contribution >= 0.6 is 11.8 Å². The second kappa shape index (κ2) is 6.07. The monoisotopic (exact) mass is 362 g/mol. The van der Waals surface area contributed by atoms with Gasteiger partial charge in [0.1, 0.15) is 17.5 Å². The van der Waals surface area contributed by atoms with E-state index in [0.717, 1.165) is 0 Å². The lowest BCUT2D eigenvalue weighted by molar-refractivity contribution is -0.160. The first kappa shape index (κ1) is 17.3. The predicted molar refractivity (Wildman–Crippen MR) is 92.8 cm³/mol. The summed E-state index contributed by atoms with van der Waals surface area (Å²) in [6.07, 6.45) is 0. The van der Waals surface area contributed by atoms with Crippen LogP contribution in [0.4, 0.5) is 0 Å². The molecule has 2 heterocycles. The van der Waals surface area contributed by atoms with E-state index in [1.54, 1.807) is 44.2 Å². The topological polar surface area (TPSA) is 125 Å². The molecule has 25 heavy (non-hydrogen) atoms. The average Bonchev–Trinajstić information content (AvgIpc) is 2.82. The van der Waals surface area contributed by atoms with Crippen molar-refractivity contribution in [3.05, 3.63) is 35.9 Å². The van der Waals surface area contributed by atoms with Crippen LogP contribution < -0.4 is 11.2 Å². The summed E-state index contributed by atoms with van der Waals surface area (Å²) in [6, 6.07) is 6.96. The highest BCUT2D eigenvalue weighted by atomic mass is 32.2. The molecule has 1 aromatic rings. The third-order valence-electron chi connectivity index (χ3n) is 4.35. The molecule has 132 valence electrons. The molecule has 8 nitrogen and oxygen atoms in total. The van der Waals surface area contributed by atoms with Crippen LogP contribution in [0, 0.1) is 0 Å². The Morgan fingerprint density at radius 1 is 1.32 bits per heavy atom. The number of nitrogens with one attached hydrogen (secondary N) is 1. The Hall–Kier alpha value is -2.55. The van der Waals surface area contributed by atoms with Crippen LogP contribution in [-0.4, -0.2) is 55.7 Å². The largest absolute Gasteiger partial charge is 0.480 e. The Bertz CT molecular complexity index is 765. The number of carbonyl (C=O) groups excluding carboxylic acids is 2. The van der Waals surface area contributed by atoms with Crippen molar-refractivity contribution in [3.63, 3.8) is 0 Å². The van der Waals surface area contributed by atoms with E-state index in [9.17, 15) is 19.5 Å². The molecule has 0 radical (unpaired) electrons. The number of aliphatic carboxylic acids is 1. The van der Waals surface area contributed by atoms with E-state index in [1.165, 1.54) is 16.7 Å². The van der Waals surface area contributed by atoms with Crippen molar-refractivity contribution in [2.75, 3.05) is 0 Å². The van der Waals surface area contributed by atoms with Gasteiger partial charge < -0.3 is 21.2 Å². The van der Waals surface area contributed by atoms with Gasteiger partial charge in [-0.1, -0.05) is 30.3 Å². The fourth-order valence-corrected chi connectivity index (χ4v) is 4.84. The van der Waals surface area contributed by atoms with Gasteiger partial charge in [0.15, 0.2) is 5.71 Å². The first-order chi connectivity index (χ1) is 11.8. The number of benzene rings is 1. The molecule has 0 aliphatic carbocycles. The SMILES string of the molecule is CC1(C)S[C@@H]2[C@H](NC(=O)C(=NN)c3ccccc3)C(=O)N2[C@H]1C(=O)O. The first-order valence-corrected chi connectivity index (χ1v) is 8.53. The summed E-state index contributed by atoms with van der Waals surface area (Å²) < 4.78 is -0.643. The minimum absolute atomic E-state index is 0.0175. The van der Waals surface area contributed by atoms with Gasteiger partial charge in [-0.3, -0.25) is 9.59 Å². The number of β-lactam (4-membered cyclic amide) rings is 1. The van der Waals surface area contributed by atoms with Gasteiger partial charge in [-0.2, -0.15) is 5.10 Å². The Morgan fingerprint density at radius 2 is 1.96 bits per heavy atom. The average molecular weight is 362 g/mol. The summed E-state index contributed by atoms with van der Waals surface area (Å²) in [4.78, 5) is 37.7. The third kappa shape index (κ3) is 2.74. The van der Waals surface area contributed by atoms with Crippen LogP contribution in [0.3, 0.4) is 0 Å². The van der Waals surface area contributed by atoms with Gasteiger partial charge in [-0.15, -0.1) is 11.8 Å². The number of rotatable bonds is 4. The zero-order valence-electron chi connectivity index (χ0n) is 13.7. The normalized spacial score (nSPS) is 27.4. The maximum atomic E-state index is 12.5. The molecule has 0 unspecified atom stereocenters. The van der Waals surface area contributed by atoms with Gasteiger partial charge in [0.05, 0.1) is 0 Å². The summed E-state index contributed by atoms with van der Waals surface area (Å²) in [5, 5.41) is 15.1. The number of hydrogen-bond donors (Lipinski definition) is 3. The van der Waals surface area contributed by atoms with E-state index < -0.39 is 40.0 Å². The molecule has 0 aromatic heterocycles. The maximum absolute atomic E-state index is 12.5. The van der Waals surface area contributed by atoms with E-state index in [2.05, 4.69) is 10.4 Å². The van der Waals surface area contributed by atoms with Gasteiger partial charge in [0.25, 0.3) is 5.91 Å². The van der Waals surface area contributed by atoms with Gasteiger partial charge in [-0.05, 0) is 13.8 Å². The van der Waals surface area contributed by atoms with Crippen LogP contribution in [0.2, 0.25) is 0 Å². The zero-order valence-corrected chi connectivity index (χ0v) is 14.5. The van der Waals surface area contributed by atoms with Crippen molar-refractivity contribution in [3.8, 4) is 0 Å². The molecule has 2 aliphatic rings. The number of nitrogens with two attached hydrogens (primary N) is 1. The number of thioether (sulfide) groups is 1. The molecule has 9 heteroatoms. The molecule has 2 aliphatic heterocycles. The van der Waals surface area contributed by atoms with Crippen LogP contribution in [0.1, 0.15) is 19.4 Å². The highest BCUT2D eigenvalue weighted by Crippen LogP contribution is 2.50. The second-order valence-corrected chi connectivity index (χ2v) is 8.16. The van der Waals surface area contributed by atoms with Gasteiger partial charge in [0, 0.05) is 10.3 Å². The standard InChI is InChI=1S/C16H18N4O4S/c1-16(2)11(15(23)24)20-13(22)10(14(20)25-16)18-12(21)9(19-17)8-6-4-3-5-7-8/h3-7,10-11,14H,17H2,1-2H3,(H,18,21)(H,23,24)/t10-,11+,14-/m1/s1. The van der Waals surface area contributed by atoms with Crippen LogP contribution in [0.25, 0.3) is 0 Å². The summed E-state index contributed by atoms with van der Waals surface area (Å²) in [7, 11) is 0. The van der Waals surface area contributed by atoms with Gasteiger partial charge in [0.2, 0.25) is 5.91 Å². The molecule has 3 rings (SSSR count). The zero-order chi connectivity index (χ0) is 18.4. The number of carbonyl (C=O) groups is 3. The highest BCUT2D eigenvalue weighted by Gasteiger charge is 2.64. The summed E-state index contributed by atoms with van der Waals surface area (Å²) in [6.45, 7) is 3.55. The summed E-state index contributed by atoms with van der Waals surface area (Å²) >= 11 is 1.36. The Kier molecular flexibility index (Phi) is 4.19. The van der Waals surface area contributed by atoms with Crippen molar-refractivity contribution < 1.29 is 19.5 Å². The van der Waals surface area contributed by atoms with Crippen molar-refractivity contribution in [2.24, 2.45) is 10.9 Å². The second-order valence-electron chi connectivity index (χ2n) is 6.39. The summed E-state index contributed by atoms with van der Waals surface area (Å²) in [5.74, 6) is 3.31. The van der Waals surface area contributed by atoms with Crippen molar-refractivity contribution in [1.29, 1.82) is 0 Å². The minimum atomic E-state index is -1.05. The molecule has 0 saturated carbocycles. The number of hydrazone groups is 1. The molecule has 2 fully saturated rings. The van der Waals surface area contributed by atoms with Crippen molar-refractivity contribution in [2.45, 2.75) is 36.1 Å². The molecule has 2 amide bonds. The van der Waals surface area contributed by atoms with Gasteiger partial charge >= 0.3 is 5.97 Å². The van der Waals surface area contributed by atoms with Crippen molar-refractivity contribution >= 4 is 35.3 Å². The Morgan fingerprint density at radius 3 is 2.52 bits per heavy atom. The number of nitrogens with zero attached hydrogens (tertiary/aromatic N) is 2. The van der Waals surface area contributed by atoms with E-state index in [1.807, 2.05) is 0 Å². The smallest absolute Gasteiger partial charge is 0.327 e. The molecule has 0 bridgehead atoms. The number of carboxylic acid groups (broad SMARTS) is 1. The van der Waals surface area contributed by atoms with Crippen LogP contribution in [0.15, 0.2) is 35.4 Å². The molecule has 0 spiro atoms. The van der Waals surface area contributed by atoms with Crippen molar-refractivity contribution in [1.82, 2.24) is 10.2 Å². The maximum Gasteiger partial charge on any atom is 0.327 e. The molecule has 3 atom stereocenters. The lowest BCUT2D eigenvalue weighted by Gasteiger charge is -2.43. The van der Waals surface area contributed by atoms with Gasteiger partial charge in [-0.25, -0.2) is 4.79 Å². The van der Waals surface area contributed by atoms with E-state index >= 15 is 0 Å². The van der Waals surface area contributed by atoms with Crippen LogP contribution in [-0.2, 0) is 14.4 Å². The minimum Gasteiger partial charge on any atom is -0.480 e. The third-order valence-corrected chi connectivity index (χ3v) is 5.92. The highest BCUT2D eigenvalue weighted by molar-refractivity contribution is 8.01. The number of amides is 2. The molecule has 1 aromatic carbocycles. The van der Waals surface area contributed by atoms with E-state index in [4.69, 9.17) is 5.84 Å². The quantitative estimate of drug-likeness (QED) is 0.299. The lowest BCUT2D eigenvalue weighted by Crippen LogP contribution is -2.71.